The lowest BCUT2D eigenvalue weighted by Gasteiger charge is -2.18. The molecular formula is C29H22ClFN8O4. The second-order valence-electron chi connectivity index (χ2n) is 9.23. The number of aromatic amines is 1. The van der Waals surface area contributed by atoms with Gasteiger partial charge in [-0.2, -0.15) is 9.78 Å². The molecule has 14 heteroatoms. The molecule has 216 valence electrons. The van der Waals surface area contributed by atoms with E-state index >= 15 is 0 Å². The van der Waals surface area contributed by atoms with Crippen LogP contribution in [-0.2, 0) is 11.2 Å². The number of amides is 2. The van der Waals surface area contributed by atoms with Gasteiger partial charge in [0, 0.05) is 22.3 Å². The normalized spacial score (nSPS) is 11.8. The van der Waals surface area contributed by atoms with Gasteiger partial charge in [-0.3, -0.25) is 14.9 Å². The van der Waals surface area contributed by atoms with Crippen LogP contribution in [0, 0.1) is 5.82 Å². The van der Waals surface area contributed by atoms with Crippen LogP contribution in [0.1, 0.15) is 22.9 Å². The Morgan fingerprint density at radius 3 is 2.63 bits per heavy atom. The Labute approximate surface area is 247 Å². The molecule has 2 heterocycles. The first-order valence-electron chi connectivity index (χ1n) is 12.7. The van der Waals surface area contributed by atoms with Crippen molar-refractivity contribution in [1.82, 2.24) is 35.7 Å². The predicted molar refractivity (Wildman–Crippen MR) is 156 cm³/mol. The van der Waals surface area contributed by atoms with Gasteiger partial charge in [0.2, 0.25) is 5.91 Å². The van der Waals surface area contributed by atoms with Crippen molar-refractivity contribution in [2.75, 3.05) is 5.32 Å². The van der Waals surface area contributed by atoms with Gasteiger partial charge in [-0.05, 0) is 82.6 Å². The minimum absolute atomic E-state index is 0.157. The fourth-order valence-electron chi connectivity index (χ4n) is 4.32. The molecule has 43 heavy (non-hydrogen) atoms. The fourth-order valence-corrected chi connectivity index (χ4v) is 4.50. The van der Waals surface area contributed by atoms with E-state index in [0.29, 0.717) is 38.8 Å². The molecule has 0 bridgehead atoms. The highest BCUT2D eigenvalue weighted by Gasteiger charge is 2.19. The minimum atomic E-state index is -1.22. The molecule has 2 aromatic heterocycles. The van der Waals surface area contributed by atoms with Crippen molar-refractivity contribution in [2.24, 2.45) is 0 Å². The number of nitrogens with one attached hydrogen (secondary N) is 3. The average Bonchev–Trinajstić information content (AvgIpc) is 3.51. The van der Waals surface area contributed by atoms with E-state index in [0.717, 1.165) is 0 Å². The summed E-state index contributed by atoms with van der Waals surface area (Å²) in [5.74, 6) is -0.938. The molecule has 5 rings (SSSR count). The number of carbonyl (C=O) groups is 2. The number of tetrazole rings is 1. The van der Waals surface area contributed by atoms with Crippen molar-refractivity contribution in [3.63, 3.8) is 0 Å². The van der Waals surface area contributed by atoms with Crippen molar-refractivity contribution >= 4 is 35.4 Å². The van der Waals surface area contributed by atoms with Crippen molar-refractivity contribution in [1.29, 1.82) is 0 Å². The minimum Gasteiger partial charge on any atom is -0.465 e. The first kappa shape index (κ1) is 28.8. The molecule has 0 saturated heterocycles. The van der Waals surface area contributed by atoms with Gasteiger partial charge in [-0.1, -0.05) is 35.9 Å². The van der Waals surface area contributed by atoms with Crippen molar-refractivity contribution in [3.05, 3.63) is 123 Å². The van der Waals surface area contributed by atoms with E-state index in [1.54, 1.807) is 48.5 Å². The third kappa shape index (κ3) is 7.34. The van der Waals surface area contributed by atoms with E-state index in [1.165, 1.54) is 47.4 Å². The molecule has 12 nitrogen and oxygen atoms in total. The molecule has 0 saturated carbocycles. The van der Waals surface area contributed by atoms with Gasteiger partial charge in [0.15, 0.2) is 0 Å². The van der Waals surface area contributed by atoms with Crippen LogP contribution in [-0.4, -0.2) is 47.5 Å². The summed E-state index contributed by atoms with van der Waals surface area (Å²) in [5.41, 5.74) is 2.63. The number of nitrogens with zero attached hydrogens (tertiary/aromatic N) is 5. The lowest BCUT2D eigenvalue weighted by molar-refractivity contribution is -0.117. The molecule has 1 unspecified atom stereocenters. The van der Waals surface area contributed by atoms with Crippen LogP contribution in [0.5, 0.6) is 0 Å². The van der Waals surface area contributed by atoms with Gasteiger partial charge >= 0.3 is 6.09 Å². The van der Waals surface area contributed by atoms with Gasteiger partial charge in [0.1, 0.15) is 12.1 Å². The van der Waals surface area contributed by atoms with Crippen molar-refractivity contribution in [2.45, 2.75) is 12.5 Å². The standard InChI is InChI=1S/C29H22ClFN8O4/c30-20-7-10-26(39-16-32-37-38-39)19(14-20)6-11-27(40)34-24(13-17-2-1-3-21(31)12-17)25-15-23(28(41)36-35-25)18-4-8-22(9-5-18)33-29(42)43/h1-12,14-16,24,33H,13H2,(H,34,40)(H,36,41)(H,42,43). The van der Waals surface area contributed by atoms with Crippen LogP contribution in [0.4, 0.5) is 14.9 Å². The van der Waals surface area contributed by atoms with E-state index in [2.05, 4.69) is 36.4 Å². The SMILES string of the molecule is O=C(O)Nc1ccc(-c2cc(C(Cc3cccc(F)c3)NC(=O)C=Cc3cc(Cl)ccc3-n3cnnn3)n[nH]c2=O)cc1. The number of aromatic nitrogens is 6. The lowest BCUT2D eigenvalue weighted by Crippen LogP contribution is -2.30. The predicted octanol–water partition coefficient (Wildman–Crippen LogP) is 4.41. The van der Waals surface area contributed by atoms with Crippen molar-refractivity contribution < 1.29 is 19.1 Å². The Bertz CT molecular complexity index is 1860. The highest BCUT2D eigenvalue weighted by Crippen LogP contribution is 2.24. The van der Waals surface area contributed by atoms with Crippen LogP contribution in [0.3, 0.4) is 0 Å². The highest BCUT2D eigenvalue weighted by molar-refractivity contribution is 6.30. The summed E-state index contributed by atoms with van der Waals surface area (Å²) in [6.45, 7) is 0. The molecule has 0 fully saturated rings. The zero-order valence-corrected chi connectivity index (χ0v) is 22.9. The van der Waals surface area contributed by atoms with Crippen LogP contribution >= 0.6 is 11.6 Å². The zero-order chi connectivity index (χ0) is 30.3. The van der Waals surface area contributed by atoms with E-state index in [1.807, 2.05) is 0 Å². The number of rotatable bonds is 9. The Balaban J connectivity index is 1.45. The van der Waals surface area contributed by atoms with E-state index < -0.39 is 29.4 Å². The summed E-state index contributed by atoms with van der Waals surface area (Å²) in [6, 6.07) is 17.9. The molecule has 4 N–H and O–H groups in total. The number of hydrogen-bond acceptors (Lipinski definition) is 7. The van der Waals surface area contributed by atoms with Gasteiger partial charge in [-0.25, -0.2) is 14.3 Å². The summed E-state index contributed by atoms with van der Waals surface area (Å²) < 4.78 is 15.4. The molecule has 0 aliphatic carbocycles. The Kier molecular flexibility index (Phi) is 8.63. The molecular weight excluding hydrogens is 579 g/mol. The van der Waals surface area contributed by atoms with Crippen LogP contribution < -0.4 is 16.2 Å². The second-order valence-corrected chi connectivity index (χ2v) is 9.67. The third-order valence-corrected chi connectivity index (χ3v) is 6.51. The molecule has 0 aliphatic rings. The maximum atomic E-state index is 14.0. The van der Waals surface area contributed by atoms with Crippen LogP contribution in [0.2, 0.25) is 5.02 Å². The number of anilines is 1. The van der Waals surface area contributed by atoms with E-state index in [-0.39, 0.29) is 12.0 Å². The number of carboxylic acid groups (broad SMARTS) is 1. The third-order valence-electron chi connectivity index (χ3n) is 6.27. The zero-order valence-electron chi connectivity index (χ0n) is 22.1. The number of halogens is 2. The van der Waals surface area contributed by atoms with Gasteiger partial charge in [-0.15, -0.1) is 5.10 Å². The Morgan fingerprint density at radius 2 is 1.91 bits per heavy atom. The summed E-state index contributed by atoms with van der Waals surface area (Å²) in [6.07, 6.45) is 3.20. The maximum absolute atomic E-state index is 14.0. The van der Waals surface area contributed by atoms with Gasteiger partial charge in [0.25, 0.3) is 5.56 Å². The van der Waals surface area contributed by atoms with Crippen LogP contribution in [0.25, 0.3) is 22.9 Å². The summed E-state index contributed by atoms with van der Waals surface area (Å²) in [4.78, 5) is 36.8. The monoisotopic (exact) mass is 600 g/mol. The maximum Gasteiger partial charge on any atom is 0.409 e. The average molecular weight is 601 g/mol. The first-order valence-corrected chi connectivity index (χ1v) is 13.1. The summed E-state index contributed by atoms with van der Waals surface area (Å²) >= 11 is 6.18. The second kappa shape index (κ2) is 12.9. The molecule has 1 atom stereocenters. The lowest BCUT2D eigenvalue weighted by atomic mass is 10.00. The smallest absolute Gasteiger partial charge is 0.409 e. The largest absolute Gasteiger partial charge is 0.465 e. The Hall–Kier alpha value is -5.69. The van der Waals surface area contributed by atoms with E-state index in [9.17, 15) is 18.8 Å². The van der Waals surface area contributed by atoms with Crippen LogP contribution in [0.15, 0.2) is 90.0 Å². The Morgan fingerprint density at radius 1 is 1.09 bits per heavy atom. The van der Waals surface area contributed by atoms with E-state index in [4.69, 9.17) is 16.7 Å². The number of hydrogen-bond donors (Lipinski definition) is 4. The van der Waals surface area contributed by atoms with Gasteiger partial charge < -0.3 is 10.4 Å². The summed E-state index contributed by atoms with van der Waals surface area (Å²) in [5, 5.41) is 32.3. The van der Waals surface area contributed by atoms with Gasteiger partial charge in [0.05, 0.1) is 23.0 Å². The fraction of sp³-hybridized carbons (Fsp3) is 0.0690. The molecule has 0 spiro atoms. The molecule has 3 aromatic carbocycles. The first-order chi connectivity index (χ1) is 20.7. The molecule has 2 amide bonds. The number of benzene rings is 3. The molecule has 5 aromatic rings. The highest BCUT2D eigenvalue weighted by atomic mass is 35.5. The quantitative estimate of drug-likeness (QED) is 0.180. The topological polar surface area (TPSA) is 168 Å². The number of carbonyl (C=O) groups excluding carboxylic acids is 1. The molecule has 0 radical (unpaired) electrons. The summed E-state index contributed by atoms with van der Waals surface area (Å²) in [7, 11) is 0. The van der Waals surface area contributed by atoms with Crippen molar-refractivity contribution in [3.8, 4) is 16.8 Å². The molecule has 0 aliphatic heterocycles. The number of H-pyrrole nitrogens is 1.